The van der Waals surface area contributed by atoms with Crippen LogP contribution < -0.4 is 5.32 Å². The molecule has 0 aromatic heterocycles. The van der Waals surface area contributed by atoms with Gasteiger partial charge in [-0.15, -0.1) is 0 Å². The minimum absolute atomic E-state index is 0.276. The average Bonchev–Trinajstić information content (AvgIpc) is 2.48. The van der Waals surface area contributed by atoms with Crippen LogP contribution in [0.4, 0.5) is 0 Å². The van der Waals surface area contributed by atoms with E-state index in [-0.39, 0.29) is 5.54 Å². The highest BCUT2D eigenvalue weighted by atomic mass is 16.5. The van der Waals surface area contributed by atoms with Gasteiger partial charge in [0.25, 0.3) is 0 Å². The van der Waals surface area contributed by atoms with Crippen molar-refractivity contribution < 1.29 is 4.74 Å². The third kappa shape index (κ3) is 3.96. The summed E-state index contributed by atoms with van der Waals surface area (Å²) < 4.78 is 5.53. The van der Waals surface area contributed by atoms with Crippen molar-refractivity contribution >= 4 is 0 Å². The number of ether oxygens (including phenoxy) is 1. The van der Waals surface area contributed by atoms with Crippen molar-refractivity contribution in [2.24, 2.45) is 5.92 Å². The van der Waals surface area contributed by atoms with Crippen molar-refractivity contribution in [3.63, 3.8) is 0 Å². The second kappa shape index (κ2) is 7.24. The molecule has 3 unspecified atom stereocenters. The fourth-order valence-electron chi connectivity index (χ4n) is 3.93. The second-order valence-corrected chi connectivity index (χ2v) is 7.24. The summed E-state index contributed by atoms with van der Waals surface area (Å²) in [5, 5.41) is 3.83. The summed E-state index contributed by atoms with van der Waals surface area (Å²) in [6.45, 7) is 10.3. The maximum Gasteiger partial charge on any atom is 0.0670 e. The van der Waals surface area contributed by atoms with Crippen molar-refractivity contribution in [1.82, 2.24) is 10.2 Å². The van der Waals surface area contributed by atoms with E-state index in [9.17, 15) is 0 Å². The van der Waals surface area contributed by atoms with Gasteiger partial charge in [-0.05, 0) is 39.0 Å². The summed E-state index contributed by atoms with van der Waals surface area (Å²) in [6.07, 6.45) is 8.68. The molecule has 0 aromatic rings. The van der Waals surface area contributed by atoms with E-state index in [1.54, 1.807) is 0 Å². The van der Waals surface area contributed by atoms with Gasteiger partial charge in [-0.2, -0.15) is 0 Å². The Bertz CT molecular complexity index is 291. The lowest BCUT2D eigenvalue weighted by Crippen LogP contribution is -2.65. The summed E-state index contributed by atoms with van der Waals surface area (Å²) in [7, 11) is 1.83. The van der Waals surface area contributed by atoms with Crippen molar-refractivity contribution in [3.8, 4) is 0 Å². The molecule has 118 valence electrons. The molecule has 2 fully saturated rings. The van der Waals surface area contributed by atoms with Crippen LogP contribution in [0, 0.1) is 5.92 Å². The lowest BCUT2D eigenvalue weighted by Gasteiger charge is -2.49. The molecule has 2 rings (SSSR count). The summed E-state index contributed by atoms with van der Waals surface area (Å²) in [4.78, 5) is 2.73. The molecule has 20 heavy (non-hydrogen) atoms. The first-order valence-corrected chi connectivity index (χ1v) is 8.60. The van der Waals surface area contributed by atoms with Crippen molar-refractivity contribution in [1.29, 1.82) is 0 Å². The Morgan fingerprint density at radius 1 is 1.30 bits per heavy atom. The molecule has 1 heterocycles. The number of hydrogen-bond acceptors (Lipinski definition) is 3. The van der Waals surface area contributed by atoms with Crippen molar-refractivity contribution in [2.75, 3.05) is 26.7 Å². The molecule has 3 atom stereocenters. The van der Waals surface area contributed by atoms with E-state index >= 15 is 0 Å². The standard InChI is InChI=1S/C17H34N2O/c1-5-17(3)13-19(12-14(2)20-4)16(11-18-17)15-9-7-6-8-10-15/h14-16,18H,5-13H2,1-4H3. The molecular weight excluding hydrogens is 248 g/mol. The Labute approximate surface area is 125 Å². The van der Waals surface area contributed by atoms with E-state index in [1.807, 2.05) is 7.11 Å². The fourth-order valence-corrected chi connectivity index (χ4v) is 3.93. The van der Waals surface area contributed by atoms with Gasteiger partial charge < -0.3 is 10.1 Å². The molecule has 1 saturated heterocycles. The highest BCUT2D eigenvalue weighted by Crippen LogP contribution is 2.32. The summed E-state index contributed by atoms with van der Waals surface area (Å²) in [5.41, 5.74) is 0.276. The van der Waals surface area contributed by atoms with E-state index in [0.717, 1.165) is 19.0 Å². The first kappa shape index (κ1) is 16.3. The van der Waals surface area contributed by atoms with Gasteiger partial charge in [-0.1, -0.05) is 26.2 Å². The first-order valence-electron chi connectivity index (χ1n) is 8.60. The monoisotopic (exact) mass is 282 g/mol. The van der Waals surface area contributed by atoms with E-state index in [0.29, 0.717) is 12.1 Å². The van der Waals surface area contributed by atoms with Crippen molar-refractivity contribution in [2.45, 2.75) is 77.0 Å². The van der Waals surface area contributed by atoms with Crippen LogP contribution in [-0.2, 0) is 4.74 Å². The van der Waals surface area contributed by atoms with Gasteiger partial charge in [-0.3, -0.25) is 4.90 Å². The normalized spacial score (nSPS) is 35.1. The van der Waals surface area contributed by atoms with Gasteiger partial charge in [0, 0.05) is 38.3 Å². The van der Waals surface area contributed by atoms with E-state index in [4.69, 9.17) is 4.74 Å². The zero-order valence-electron chi connectivity index (χ0n) is 14.0. The number of hydrogen-bond donors (Lipinski definition) is 1. The Morgan fingerprint density at radius 3 is 2.60 bits per heavy atom. The SMILES string of the molecule is CCC1(C)CN(CC(C)OC)C(C2CCCCC2)CN1. The van der Waals surface area contributed by atoms with Crippen LogP contribution in [-0.4, -0.2) is 49.3 Å². The predicted molar refractivity (Wildman–Crippen MR) is 85.1 cm³/mol. The van der Waals surface area contributed by atoms with Crippen LogP contribution in [0.3, 0.4) is 0 Å². The minimum Gasteiger partial charge on any atom is -0.380 e. The van der Waals surface area contributed by atoms with E-state index < -0.39 is 0 Å². The van der Waals surface area contributed by atoms with Crippen LogP contribution >= 0.6 is 0 Å². The topological polar surface area (TPSA) is 24.5 Å². The lowest BCUT2D eigenvalue weighted by molar-refractivity contribution is -0.00125. The predicted octanol–water partition coefficient (Wildman–Crippen LogP) is 3.04. The molecule has 1 aliphatic heterocycles. The average molecular weight is 282 g/mol. The fraction of sp³-hybridized carbons (Fsp3) is 1.00. The van der Waals surface area contributed by atoms with E-state index in [2.05, 4.69) is 31.0 Å². The molecule has 1 saturated carbocycles. The third-order valence-electron chi connectivity index (χ3n) is 5.63. The molecule has 0 amide bonds. The molecule has 3 nitrogen and oxygen atoms in total. The minimum atomic E-state index is 0.276. The number of methoxy groups -OCH3 is 1. The third-order valence-corrected chi connectivity index (χ3v) is 5.63. The van der Waals surface area contributed by atoms with Crippen LogP contribution in [0.15, 0.2) is 0 Å². The Hall–Kier alpha value is -0.120. The van der Waals surface area contributed by atoms with Gasteiger partial charge >= 0.3 is 0 Å². The Morgan fingerprint density at radius 2 is 2.00 bits per heavy atom. The molecule has 0 aromatic carbocycles. The zero-order chi connectivity index (χ0) is 14.6. The maximum absolute atomic E-state index is 5.53. The van der Waals surface area contributed by atoms with Gasteiger partial charge in [0.2, 0.25) is 0 Å². The Kier molecular flexibility index (Phi) is 5.88. The highest BCUT2D eigenvalue weighted by Gasteiger charge is 2.38. The van der Waals surface area contributed by atoms with E-state index in [1.165, 1.54) is 45.1 Å². The summed E-state index contributed by atoms with van der Waals surface area (Å²) >= 11 is 0. The lowest BCUT2D eigenvalue weighted by atomic mass is 9.80. The smallest absolute Gasteiger partial charge is 0.0670 e. The molecule has 1 N–H and O–H groups in total. The first-order chi connectivity index (χ1) is 9.58. The van der Waals surface area contributed by atoms with Crippen LogP contribution in [0.1, 0.15) is 59.3 Å². The summed E-state index contributed by atoms with van der Waals surface area (Å²) in [5.74, 6) is 0.890. The van der Waals surface area contributed by atoms with Crippen LogP contribution in [0.5, 0.6) is 0 Å². The van der Waals surface area contributed by atoms with Gasteiger partial charge in [0.1, 0.15) is 0 Å². The zero-order valence-corrected chi connectivity index (χ0v) is 14.0. The quantitative estimate of drug-likeness (QED) is 0.839. The molecule has 0 radical (unpaired) electrons. The molecule has 0 spiro atoms. The molecule has 0 bridgehead atoms. The summed E-state index contributed by atoms with van der Waals surface area (Å²) in [6, 6.07) is 0.715. The second-order valence-electron chi connectivity index (χ2n) is 7.24. The highest BCUT2D eigenvalue weighted by molar-refractivity contribution is 4.97. The van der Waals surface area contributed by atoms with Crippen LogP contribution in [0.25, 0.3) is 0 Å². The molecule has 1 aliphatic carbocycles. The van der Waals surface area contributed by atoms with Crippen LogP contribution in [0.2, 0.25) is 0 Å². The van der Waals surface area contributed by atoms with Gasteiger partial charge in [-0.25, -0.2) is 0 Å². The molecule has 3 heteroatoms. The molecular formula is C17H34N2O. The van der Waals surface area contributed by atoms with Crippen molar-refractivity contribution in [3.05, 3.63) is 0 Å². The largest absolute Gasteiger partial charge is 0.380 e. The molecule has 2 aliphatic rings. The number of rotatable bonds is 5. The van der Waals surface area contributed by atoms with Gasteiger partial charge in [0.05, 0.1) is 6.10 Å². The number of nitrogens with zero attached hydrogens (tertiary/aromatic N) is 1. The number of piperazine rings is 1. The Balaban J connectivity index is 2.03. The maximum atomic E-state index is 5.53. The number of nitrogens with one attached hydrogen (secondary N) is 1. The van der Waals surface area contributed by atoms with Gasteiger partial charge in [0.15, 0.2) is 0 Å².